The van der Waals surface area contributed by atoms with Crippen LogP contribution >= 0.6 is 0 Å². The molecule has 1 N–H and O–H groups in total. The number of aliphatic hydroxyl groups excluding tert-OH is 1. The zero-order chi connectivity index (χ0) is 22.3. The van der Waals surface area contributed by atoms with Gasteiger partial charge in [0.1, 0.15) is 0 Å². The maximum absolute atomic E-state index is 11.5. The summed E-state index contributed by atoms with van der Waals surface area (Å²) in [4.78, 5) is 13.8. The van der Waals surface area contributed by atoms with Crippen molar-refractivity contribution in [1.29, 1.82) is 0 Å². The lowest BCUT2D eigenvalue weighted by Gasteiger charge is -2.28. The number of hydrogen-bond donors (Lipinski definition) is 1. The second kappa shape index (κ2) is 15.2. The van der Waals surface area contributed by atoms with Gasteiger partial charge in [-0.3, -0.25) is 4.79 Å². The Balaban J connectivity index is 1.93. The van der Waals surface area contributed by atoms with Crippen LogP contribution in [0.3, 0.4) is 0 Å². The third-order valence-electron chi connectivity index (χ3n) is 5.68. The van der Waals surface area contributed by atoms with Gasteiger partial charge >= 0.3 is 5.97 Å². The number of carbonyl (C=O) groups excluding carboxylic acids is 1. The van der Waals surface area contributed by atoms with E-state index < -0.39 is 0 Å². The number of carbonyl (C=O) groups is 1. The highest BCUT2D eigenvalue weighted by Crippen LogP contribution is 2.31. The topological polar surface area (TPSA) is 77.5 Å². The minimum Gasteiger partial charge on any atom is -0.469 e. The van der Waals surface area contributed by atoms with Crippen molar-refractivity contribution < 1.29 is 28.8 Å². The van der Waals surface area contributed by atoms with Gasteiger partial charge < -0.3 is 29.0 Å². The molecule has 176 valence electrons. The molecule has 0 heterocycles. The van der Waals surface area contributed by atoms with Crippen molar-refractivity contribution >= 4 is 11.7 Å². The van der Waals surface area contributed by atoms with Gasteiger partial charge in [0.2, 0.25) is 0 Å². The van der Waals surface area contributed by atoms with Crippen molar-refractivity contribution in [3.05, 3.63) is 29.3 Å². The molecular weight excluding hydrogens is 398 g/mol. The number of rotatable bonds is 17. The van der Waals surface area contributed by atoms with Crippen LogP contribution in [0.5, 0.6) is 0 Å². The summed E-state index contributed by atoms with van der Waals surface area (Å²) in [6, 6.07) is 6.38. The summed E-state index contributed by atoms with van der Waals surface area (Å²) in [5.74, 6) is 0.565. The first-order valence-corrected chi connectivity index (χ1v) is 11.4. The Hall–Kier alpha value is -1.67. The lowest BCUT2D eigenvalue weighted by molar-refractivity contribution is -0.140. The fraction of sp³-hybridized carbons (Fsp3) is 0.708. The summed E-state index contributed by atoms with van der Waals surface area (Å²) in [5, 5.41) is 9.76. The standard InChI is InChI=1S/C24H39NO6/c1-28-11-12-31-14-13-30-10-9-25(8-4-7-24(27)29-2)23-17-21(15-20-5-3-6-20)16-22(18-23)19-26/h16-18,20,26H,3-15,19H2,1-2H3. The van der Waals surface area contributed by atoms with E-state index in [1.54, 1.807) is 7.11 Å². The van der Waals surface area contributed by atoms with Crippen molar-refractivity contribution in [3.63, 3.8) is 0 Å². The monoisotopic (exact) mass is 437 g/mol. The predicted molar refractivity (Wildman–Crippen MR) is 120 cm³/mol. The third kappa shape index (κ3) is 9.99. The van der Waals surface area contributed by atoms with Gasteiger partial charge in [0.05, 0.1) is 46.8 Å². The van der Waals surface area contributed by atoms with Crippen LogP contribution in [0, 0.1) is 5.92 Å². The molecule has 0 aliphatic heterocycles. The highest BCUT2D eigenvalue weighted by Gasteiger charge is 2.19. The van der Waals surface area contributed by atoms with Crippen LogP contribution in [-0.4, -0.2) is 71.4 Å². The van der Waals surface area contributed by atoms with E-state index in [0.29, 0.717) is 52.4 Å². The maximum Gasteiger partial charge on any atom is 0.305 e. The fourth-order valence-electron chi connectivity index (χ4n) is 3.69. The molecule has 7 nitrogen and oxygen atoms in total. The van der Waals surface area contributed by atoms with E-state index >= 15 is 0 Å². The van der Waals surface area contributed by atoms with Gasteiger partial charge in [-0.2, -0.15) is 0 Å². The molecule has 0 saturated heterocycles. The first-order valence-electron chi connectivity index (χ1n) is 11.4. The Kier molecular flexibility index (Phi) is 12.5. The first kappa shape index (κ1) is 25.6. The highest BCUT2D eigenvalue weighted by atomic mass is 16.5. The van der Waals surface area contributed by atoms with Gasteiger partial charge in [0.25, 0.3) is 0 Å². The van der Waals surface area contributed by atoms with Gasteiger partial charge in [-0.15, -0.1) is 0 Å². The molecule has 1 aliphatic carbocycles. The molecular formula is C24H39NO6. The van der Waals surface area contributed by atoms with Gasteiger partial charge in [0, 0.05) is 32.3 Å². The minimum absolute atomic E-state index is 0.0246. The van der Waals surface area contributed by atoms with E-state index in [4.69, 9.17) is 18.9 Å². The summed E-state index contributed by atoms with van der Waals surface area (Å²) in [5.41, 5.74) is 3.28. The van der Waals surface area contributed by atoms with Crippen LogP contribution in [0.15, 0.2) is 18.2 Å². The number of ether oxygens (including phenoxy) is 4. The number of esters is 1. The van der Waals surface area contributed by atoms with Crippen LogP contribution < -0.4 is 4.90 Å². The summed E-state index contributed by atoms with van der Waals surface area (Å²) < 4.78 is 20.9. The normalized spacial score (nSPS) is 13.8. The summed E-state index contributed by atoms with van der Waals surface area (Å²) in [6.07, 6.45) is 6.06. The van der Waals surface area contributed by atoms with E-state index in [1.807, 2.05) is 6.07 Å². The number of anilines is 1. The molecule has 0 atom stereocenters. The van der Waals surface area contributed by atoms with Crippen LogP contribution in [0.2, 0.25) is 0 Å². The minimum atomic E-state index is -0.195. The molecule has 0 radical (unpaired) electrons. The van der Waals surface area contributed by atoms with E-state index in [1.165, 1.54) is 31.9 Å². The van der Waals surface area contributed by atoms with Gasteiger partial charge in [-0.1, -0.05) is 25.3 Å². The Morgan fingerprint density at radius 3 is 2.35 bits per heavy atom. The highest BCUT2D eigenvalue weighted by molar-refractivity contribution is 5.69. The fourth-order valence-corrected chi connectivity index (χ4v) is 3.69. The Morgan fingerprint density at radius 1 is 1.00 bits per heavy atom. The molecule has 1 fully saturated rings. The zero-order valence-corrected chi connectivity index (χ0v) is 19.1. The summed E-state index contributed by atoms with van der Waals surface area (Å²) in [7, 11) is 3.07. The molecule has 7 heteroatoms. The molecule has 0 bridgehead atoms. The van der Waals surface area contributed by atoms with Crippen molar-refractivity contribution in [3.8, 4) is 0 Å². The molecule has 0 spiro atoms. The molecule has 31 heavy (non-hydrogen) atoms. The molecule has 1 aliphatic rings. The quantitative estimate of drug-likeness (QED) is 0.297. The van der Waals surface area contributed by atoms with Crippen molar-refractivity contribution in [2.24, 2.45) is 5.92 Å². The van der Waals surface area contributed by atoms with Crippen LogP contribution in [0.25, 0.3) is 0 Å². The Labute approximate surface area is 186 Å². The molecule has 0 amide bonds. The number of nitrogens with zero attached hydrogens (tertiary/aromatic N) is 1. The lowest BCUT2D eigenvalue weighted by atomic mass is 9.80. The number of aliphatic hydroxyl groups is 1. The lowest BCUT2D eigenvalue weighted by Crippen LogP contribution is -2.30. The Bertz CT molecular complexity index is 634. The third-order valence-corrected chi connectivity index (χ3v) is 5.68. The summed E-state index contributed by atoms with van der Waals surface area (Å²) in [6.45, 7) is 4.23. The van der Waals surface area contributed by atoms with Gasteiger partial charge in [-0.25, -0.2) is 0 Å². The first-order chi connectivity index (χ1) is 15.2. The largest absolute Gasteiger partial charge is 0.469 e. The second-order valence-corrected chi connectivity index (χ2v) is 8.05. The molecule has 1 aromatic rings. The Morgan fingerprint density at radius 2 is 1.71 bits per heavy atom. The average Bonchev–Trinajstić information content (AvgIpc) is 2.76. The SMILES string of the molecule is COCCOCCOCCN(CCCC(=O)OC)c1cc(CO)cc(CC2CCC2)c1. The van der Waals surface area contributed by atoms with E-state index in [9.17, 15) is 9.90 Å². The predicted octanol–water partition coefficient (Wildman–Crippen LogP) is 2.96. The molecule has 1 aromatic carbocycles. The van der Waals surface area contributed by atoms with E-state index in [0.717, 1.165) is 30.1 Å². The average molecular weight is 438 g/mol. The van der Waals surface area contributed by atoms with Crippen LogP contribution in [0.1, 0.15) is 43.2 Å². The van der Waals surface area contributed by atoms with Gasteiger partial charge in [0.15, 0.2) is 0 Å². The molecule has 0 aromatic heterocycles. The van der Waals surface area contributed by atoms with E-state index in [-0.39, 0.29) is 12.6 Å². The molecule has 2 rings (SSSR count). The number of hydrogen-bond acceptors (Lipinski definition) is 7. The van der Waals surface area contributed by atoms with Crippen molar-refractivity contribution in [2.45, 2.75) is 45.1 Å². The zero-order valence-electron chi connectivity index (χ0n) is 19.1. The van der Waals surface area contributed by atoms with Crippen LogP contribution in [-0.2, 0) is 36.8 Å². The van der Waals surface area contributed by atoms with E-state index in [2.05, 4.69) is 17.0 Å². The number of methoxy groups -OCH3 is 2. The van der Waals surface area contributed by atoms with Crippen LogP contribution in [0.4, 0.5) is 5.69 Å². The van der Waals surface area contributed by atoms with Crippen molar-refractivity contribution in [2.75, 3.05) is 65.2 Å². The van der Waals surface area contributed by atoms with Crippen molar-refractivity contribution in [1.82, 2.24) is 0 Å². The number of benzene rings is 1. The molecule has 1 saturated carbocycles. The van der Waals surface area contributed by atoms with Gasteiger partial charge in [-0.05, 0) is 42.0 Å². The summed E-state index contributed by atoms with van der Waals surface area (Å²) >= 11 is 0. The maximum atomic E-state index is 11.5. The second-order valence-electron chi connectivity index (χ2n) is 8.05. The smallest absolute Gasteiger partial charge is 0.305 e. The molecule has 0 unspecified atom stereocenters.